The minimum atomic E-state index is 1.14. The van der Waals surface area contributed by atoms with Gasteiger partial charge in [-0.15, -0.1) is 0 Å². The lowest BCUT2D eigenvalue weighted by atomic mass is 9.97. The third-order valence-electron chi connectivity index (χ3n) is 10.1. The van der Waals surface area contributed by atoms with Gasteiger partial charge in [0.15, 0.2) is 0 Å². The number of aromatic nitrogens is 2. The summed E-state index contributed by atoms with van der Waals surface area (Å²) in [6.07, 6.45) is 0. The molecule has 10 rings (SSSR count). The van der Waals surface area contributed by atoms with Gasteiger partial charge in [0.05, 0.1) is 27.8 Å². The number of fused-ring (bicyclic) bond motifs is 6. The number of hydrogen-bond donors (Lipinski definition) is 0. The van der Waals surface area contributed by atoms with Crippen molar-refractivity contribution < 1.29 is 0 Å². The molecule has 0 aliphatic carbocycles. The van der Waals surface area contributed by atoms with Crippen LogP contribution in [-0.4, -0.2) is 9.13 Å². The minimum absolute atomic E-state index is 1.14. The maximum absolute atomic E-state index is 2.45. The van der Waals surface area contributed by atoms with E-state index in [1.54, 1.807) is 0 Å². The molecule has 0 radical (unpaired) electrons. The molecule has 0 bridgehead atoms. The van der Waals surface area contributed by atoms with Crippen molar-refractivity contribution in [3.05, 3.63) is 194 Å². The summed E-state index contributed by atoms with van der Waals surface area (Å²) in [4.78, 5) is 0. The summed E-state index contributed by atoms with van der Waals surface area (Å²) < 4.78 is 4.89. The topological polar surface area (TPSA) is 9.86 Å². The zero-order valence-corrected chi connectivity index (χ0v) is 27.4. The molecule has 0 fully saturated rings. The van der Waals surface area contributed by atoms with Crippen molar-refractivity contribution in [3.8, 4) is 44.8 Å². The lowest BCUT2D eigenvalue weighted by Gasteiger charge is -2.16. The number of para-hydroxylation sites is 4. The number of nitrogens with zero attached hydrogens (tertiary/aromatic N) is 2. The highest BCUT2D eigenvalue weighted by Crippen LogP contribution is 2.43. The van der Waals surface area contributed by atoms with Gasteiger partial charge in [-0.3, -0.25) is 0 Å². The van der Waals surface area contributed by atoms with Gasteiger partial charge in [0.25, 0.3) is 0 Å². The van der Waals surface area contributed by atoms with E-state index in [0.29, 0.717) is 0 Å². The van der Waals surface area contributed by atoms with E-state index >= 15 is 0 Å². The van der Waals surface area contributed by atoms with E-state index in [4.69, 9.17) is 0 Å². The molecule has 2 heteroatoms. The normalized spacial score (nSPS) is 11.6. The molecule has 0 aliphatic rings. The van der Waals surface area contributed by atoms with Gasteiger partial charge in [-0.05, 0) is 76.3 Å². The molecule has 0 spiro atoms. The van der Waals surface area contributed by atoms with Crippen molar-refractivity contribution in [1.29, 1.82) is 0 Å². The van der Waals surface area contributed by atoms with Crippen LogP contribution in [0, 0.1) is 0 Å². The minimum Gasteiger partial charge on any atom is -0.309 e. The van der Waals surface area contributed by atoms with E-state index < -0.39 is 0 Å². The Morgan fingerprint density at radius 3 is 1.36 bits per heavy atom. The molecule has 2 heterocycles. The third-order valence-corrected chi connectivity index (χ3v) is 10.1. The van der Waals surface area contributed by atoms with E-state index in [-0.39, 0.29) is 0 Å². The Morgan fingerprint density at radius 2 is 0.740 bits per heavy atom. The Labute approximate surface area is 290 Å². The Morgan fingerprint density at radius 1 is 0.280 bits per heavy atom. The van der Waals surface area contributed by atoms with Crippen molar-refractivity contribution in [1.82, 2.24) is 9.13 Å². The monoisotopic (exact) mass is 636 g/mol. The fourth-order valence-corrected chi connectivity index (χ4v) is 7.94. The second-order valence-corrected chi connectivity index (χ2v) is 12.9. The molecule has 0 atom stereocenters. The zero-order valence-electron chi connectivity index (χ0n) is 27.4. The molecular formula is C48H32N2. The summed E-state index contributed by atoms with van der Waals surface area (Å²) in [5, 5.41) is 5.02. The van der Waals surface area contributed by atoms with Crippen molar-refractivity contribution in [2.24, 2.45) is 0 Å². The second kappa shape index (κ2) is 11.5. The van der Waals surface area contributed by atoms with Gasteiger partial charge >= 0.3 is 0 Å². The van der Waals surface area contributed by atoms with Gasteiger partial charge in [-0.2, -0.15) is 0 Å². The van der Waals surface area contributed by atoms with E-state index in [2.05, 4.69) is 203 Å². The fraction of sp³-hybridized carbons (Fsp3) is 0. The van der Waals surface area contributed by atoms with Gasteiger partial charge in [-0.1, -0.05) is 146 Å². The van der Waals surface area contributed by atoms with Gasteiger partial charge in [0, 0.05) is 32.8 Å². The first-order chi connectivity index (χ1) is 24.8. The molecule has 0 saturated heterocycles. The predicted octanol–water partition coefficient (Wildman–Crippen LogP) is 12.9. The molecule has 2 aromatic heterocycles. The van der Waals surface area contributed by atoms with Gasteiger partial charge in [-0.25, -0.2) is 0 Å². The van der Waals surface area contributed by atoms with E-state index in [1.165, 1.54) is 82.7 Å². The van der Waals surface area contributed by atoms with Crippen LogP contribution in [0.2, 0.25) is 0 Å². The highest BCUT2D eigenvalue weighted by atomic mass is 15.0. The molecule has 234 valence electrons. The molecule has 10 aromatic rings. The molecule has 8 aromatic carbocycles. The third kappa shape index (κ3) is 4.43. The molecule has 2 nitrogen and oxygen atoms in total. The number of hydrogen-bond acceptors (Lipinski definition) is 0. The average molecular weight is 637 g/mol. The lowest BCUT2D eigenvalue weighted by molar-refractivity contribution is 1.18. The average Bonchev–Trinajstić information content (AvgIpc) is 3.72. The Balaban J connectivity index is 1.27. The van der Waals surface area contributed by atoms with Crippen LogP contribution in [0.3, 0.4) is 0 Å². The molecule has 0 aliphatic heterocycles. The molecular weight excluding hydrogens is 605 g/mol. The fourth-order valence-electron chi connectivity index (χ4n) is 7.94. The maximum atomic E-state index is 2.45. The van der Waals surface area contributed by atoms with Crippen molar-refractivity contribution in [3.63, 3.8) is 0 Å². The zero-order chi connectivity index (χ0) is 33.0. The smallest absolute Gasteiger partial charge is 0.0547 e. The first kappa shape index (κ1) is 28.4. The number of benzene rings is 8. The Bertz CT molecular complexity index is 2740. The molecule has 0 unspecified atom stereocenters. The van der Waals surface area contributed by atoms with Crippen LogP contribution in [-0.2, 0) is 0 Å². The van der Waals surface area contributed by atoms with Crippen molar-refractivity contribution in [2.75, 3.05) is 0 Å². The maximum Gasteiger partial charge on any atom is 0.0547 e. The van der Waals surface area contributed by atoms with E-state index in [0.717, 1.165) is 5.69 Å². The Kier molecular flexibility index (Phi) is 6.53. The van der Waals surface area contributed by atoms with E-state index in [1.807, 2.05) is 0 Å². The van der Waals surface area contributed by atoms with Crippen LogP contribution in [0.4, 0.5) is 0 Å². The largest absolute Gasteiger partial charge is 0.309 e. The molecule has 0 amide bonds. The standard InChI is InChI=1S/C48H32N2/c1-3-16-33(17-4-1)35-30-36(34-18-5-2-6-19-34)32-37(31-35)49-46-28-14-10-23-42(46)48-41(24-15-29-47(48)49)40-22-9-13-27-45(40)50-43-25-11-7-20-38(43)39-21-8-12-26-44(39)50/h1-32H. The van der Waals surface area contributed by atoms with Gasteiger partial charge in [0.1, 0.15) is 0 Å². The lowest BCUT2D eigenvalue weighted by Crippen LogP contribution is -1.98. The molecule has 50 heavy (non-hydrogen) atoms. The van der Waals surface area contributed by atoms with Crippen LogP contribution in [0.15, 0.2) is 194 Å². The summed E-state index contributed by atoms with van der Waals surface area (Å²) in [5.74, 6) is 0. The van der Waals surface area contributed by atoms with E-state index in [9.17, 15) is 0 Å². The van der Waals surface area contributed by atoms with Gasteiger partial charge < -0.3 is 9.13 Å². The van der Waals surface area contributed by atoms with Gasteiger partial charge in [0.2, 0.25) is 0 Å². The highest BCUT2D eigenvalue weighted by molar-refractivity contribution is 6.17. The van der Waals surface area contributed by atoms with Crippen LogP contribution in [0.5, 0.6) is 0 Å². The predicted molar refractivity (Wildman–Crippen MR) is 211 cm³/mol. The summed E-state index contributed by atoms with van der Waals surface area (Å²) in [6.45, 7) is 0. The summed E-state index contributed by atoms with van der Waals surface area (Å²) >= 11 is 0. The quantitative estimate of drug-likeness (QED) is 0.178. The van der Waals surface area contributed by atoms with Crippen LogP contribution >= 0.6 is 0 Å². The van der Waals surface area contributed by atoms with Crippen LogP contribution in [0.25, 0.3) is 88.4 Å². The first-order valence-corrected chi connectivity index (χ1v) is 17.2. The highest BCUT2D eigenvalue weighted by Gasteiger charge is 2.20. The number of rotatable bonds is 5. The Hall–Kier alpha value is -6.64. The van der Waals surface area contributed by atoms with Crippen molar-refractivity contribution in [2.45, 2.75) is 0 Å². The SMILES string of the molecule is c1ccc(-c2cc(-c3ccccc3)cc(-n3c4ccccc4c4c(-c5ccccc5-n5c6ccccc6c6ccccc65)cccc43)c2)cc1. The first-order valence-electron chi connectivity index (χ1n) is 17.2. The van der Waals surface area contributed by atoms with Crippen LogP contribution in [0.1, 0.15) is 0 Å². The summed E-state index contributed by atoms with van der Waals surface area (Å²) in [7, 11) is 0. The molecule has 0 N–H and O–H groups in total. The van der Waals surface area contributed by atoms with Crippen LogP contribution < -0.4 is 0 Å². The summed E-state index contributed by atoms with van der Waals surface area (Å²) in [6, 6.07) is 70.4. The second-order valence-electron chi connectivity index (χ2n) is 12.9. The summed E-state index contributed by atoms with van der Waals surface area (Å²) in [5.41, 5.74) is 14.3. The molecule has 0 saturated carbocycles. The van der Waals surface area contributed by atoms with Crippen molar-refractivity contribution >= 4 is 43.6 Å².